The highest BCUT2D eigenvalue weighted by Crippen LogP contribution is 2.33. The number of carboxylic acid groups (broad SMARTS) is 1. The number of rotatable bonds is 6. The van der Waals surface area contributed by atoms with E-state index >= 15 is 0 Å². The fourth-order valence-electron chi connectivity index (χ4n) is 2.34. The Morgan fingerprint density at radius 3 is 2.64 bits per heavy atom. The van der Waals surface area contributed by atoms with Crippen LogP contribution < -0.4 is 5.32 Å². The Morgan fingerprint density at radius 1 is 1.25 bits per heavy atom. The zero-order valence-corrected chi connectivity index (χ0v) is 17.4. The first kappa shape index (κ1) is 20.3. The van der Waals surface area contributed by atoms with Crippen LogP contribution in [0.15, 0.2) is 50.2 Å². The minimum atomic E-state index is -1.17. The summed E-state index contributed by atoms with van der Waals surface area (Å²) in [7, 11) is 0. The number of hydrogen-bond acceptors (Lipinski definition) is 6. The Bertz CT molecular complexity index is 984. The molecule has 1 saturated heterocycles. The standard InChI is InChI=1S/C18H13BrN2O5S2/c19-11-3-1-10(2-4-11)13-6-5-12(26-13)7-14-17(25)21(18(27)28-14)9-15(22)20-8-16(23)24/h1-7H,8-9H2,(H,20,22)(H,23,24). The highest BCUT2D eigenvalue weighted by atomic mass is 79.9. The van der Waals surface area contributed by atoms with Crippen LogP contribution in [0.3, 0.4) is 0 Å². The van der Waals surface area contributed by atoms with Crippen LogP contribution in [0.1, 0.15) is 5.76 Å². The third-order valence-corrected chi connectivity index (χ3v) is 5.55. The molecule has 1 fully saturated rings. The molecule has 0 spiro atoms. The Kier molecular flexibility index (Phi) is 6.32. The summed E-state index contributed by atoms with van der Waals surface area (Å²) in [5, 5.41) is 10.8. The maximum absolute atomic E-state index is 12.5. The number of hydrogen-bond donors (Lipinski definition) is 2. The number of nitrogens with one attached hydrogen (secondary N) is 1. The molecule has 7 nitrogen and oxygen atoms in total. The molecule has 2 N–H and O–H groups in total. The molecule has 2 amide bonds. The molecule has 1 aliphatic heterocycles. The molecule has 3 rings (SSSR count). The number of carbonyl (C=O) groups excluding carboxylic acids is 2. The van der Waals surface area contributed by atoms with Crippen molar-refractivity contribution in [3.05, 3.63) is 51.5 Å². The third kappa shape index (κ3) is 4.89. The van der Waals surface area contributed by atoms with Gasteiger partial charge in [-0.05, 0) is 24.3 Å². The van der Waals surface area contributed by atoms with Gasteiger partial charge in [0.2, 0.25) is 5.91 Å². The van der Waals surface area contributed by atoms with Crippen LogP contribution in [0.2, 0.25) is 0 Å². The smallest absolute Gasteiger partial charge is 0.322 e. The van der Waals surface area contributed by atoms with E-state index in [4.69, 9.17) is 21.7 Å². The molecule has 0 saturated carbocycles. The number of nitrogens with zero attached hydrogens (tertiary/aromatic N) is 1. The number of benzene rings is 1. The molecule has 0 bridgehead atoms. The summed E-state index contributed by atoms with van der Waals surface area (Å²) in [6.45, 7) is -0.855. The van der Waals surface area contributed by atoms with Crippen LogP contribution in [-0.4, -0.2) is 45.2 Å². The number of amides is 2. The molecule has 0 unspecified atom stereocenters. The lowest BCUT2D eigenvalue weighted by molar-refractivity contribution is -0.138. The van der Waals surface area contributed by atoms with Gasteiger partial charge in [0.1, 0.15) is 28.9 Å². The molecule has 28 heavy (non-hydrogen) atoms. The van der Waals surface area contributed by atoms with Crippen LogP contribution in [-0.2, 0) is 14.4 Å². The molecule has 10 heteroatoms. The number of halogens is 1. The van der Waals surface area contributed by atoms with Crippen LogP contribution in [0.25, 0.3) is 17.4 Å². The van der Waals surface area contributed by atoms with Gasteiger partial charge in [0.05, 0.1) is 4.91 Å². The van der Waals surface area contributed by atoms with Crippen molar-refractivity contribution in [2.24, 2.45) is 0 Å². The Morgan fingerprint density at radius 2 is 1.96 bits per heavy atom. The van der Waals surface area contributed by atoms with Crippen LogP contribution in [0.4, 0.5) is 0 Å². The topological polar surface area (TPSA) is 99.9 Å². The molecule has 1 aliphatic rings. The lowest BCUT2D eigenvalue weighted by Crippen LogP contribution is -2.41. The first-order valence-corrected chi connectivity index (χ1v) is 9.95. The molecular formula is C18H13BrN2O5S2. The van der Waals surface area contributed by atoms with Crippen LogP contribution >= 0.6 is 39.9 Å². The molecule has 0 atom stereocenters. The van der Waals surface area contributed by atoms with E-state index in [9.17, 15) is 14.4 Å². The molecule has 0 radical (unpaired) electrons. The van der Waals surface area contributed by atoms with Gasteiger partial charge in [-0.25, -0.2) is 0 Å². The van der Waals surface area contributed by atoms with E-state index in [1.165, 1.54) is 0 Å². The number of carboxylic acids is 1. The monoisotopic (exact) mass is 480 g/mol. The molecular weight excluding hydrogens is 468 g/mol. The van der Waals surface area contributed by atoms with Gasteiger partial charge in [0, 0.05) is 16.1 Å². The van der Waals surface area contributed by atoms with E-state index in [-0.39, 0.29) is 10.9 Å². The Balaban J connectivity index is 1.70. The van der Waals surface area contributed by atoms with E-state index in [1.807, 2.05) is 24.3 Å². The highest BCUT2D eigenvalue weighted by Gasteiger charge is 2.33. The van der Waals surface area contributed by atoms with Gasteiger partial charge in [0.15, 0.2) is 0 Å². The number of aliphatic carboxylic acids is 1. The summed E-state index contributed by atoms with van der Waals surface area (Å²) in [6, 6.07) is 11.2. The molecule has 0 aliphatic carbocycles. The fourth-order valence-corrected chi connectivity index (χ4v) is 3.84. The fraction of sp³-hybridized carbons (Fsp3) is 0.111. The van der Waals surface area contributed by atoms with Gasteiger partial charge in [-0.2, -0.15) is 0 Å². The van der Waals surface area contributed by atoms with Gasteiger partial charge in [0.25, 0.3) is 5.91 Å². The van der Waals surface area contributed by atoms with Gasteiger partial charge in [-0.1, -0.05) is 52.0 Å². The quantitative estimate of drug-likeness (QED) is 0.483. The van der Waals surface area contributed by atoms with Crippen molar-refractivity contribution in [2.75, 3.05) is 13.1 Å². The van der Waals surface area contributed by atoms with E-state index in [0.717, 1.165) is 26.7 Å². The number of carbonyl (C=O) groups is 3. The third-order valence-electron chi connectivity index (χ3n) is 3.64. The summed E-state index contributed by atoms with van der Waals surface area (Å²) in [5.74, 6) is -1.06. The van der Waals surface area contributed by atoms with Crippen molar-refractivity contribution in [2.45, 2.75) is 0 Å². The SMILES string of the molecule is O=C(O)CNC(=O)CN1C(=O)C(=Cc2ccc(-c3ccc(Br)cc3)o2)SC1=S. The van der Waals surface area contributed by atoms with Crippen LogP contribution in [0, 0.1) is 0 Å². The first-order chi connectivity index (χ1) is 13.3. The summed E-state index contributed by atoms with van der Waals surface area (Å²) in [4.78, 5) is 36.2. The van der Waals surface area contributed by atoms with Gasteiger partial charge in [-0.15, -0.1) is 0 Å². The number of thioether (sulfide) groups is 1. The average Bonchev–Trinajstić information content (AvgIpc) is 3.21. The average molecular weight is 481 g/mol. The van der Waals surface area contributed by atoms with E-state index in [1.54, 1.807) is 18.2 Å². The number of thiocarbonyl (C=S) groups is 1. The predicted molar refractivity (Wildman–Crippen MR) is 112 cm³/mol. The van der Waals surface area contributed by atoms with Gasteiger partial charge < -0.3 is 14.8 Å². The molecule has 1 aromatic heterocycles. The summed E-state index contributed by atoms with van der Waals surface area (Å²) in [6.07, 6.45) is 1.57. The minimum absolute atomic E-state index is 0.224. The summed E-state index contributed by atoms with van der Waals surface area (Å²) < 4.78 is 6.95. The Labute approximate surface area is 177 Å². The summed E-state index contributed by atoms with van der Waals surface area (Å²) >= 11 is 9.59. The normalized spacial score (nSPS) is 15.3. The van der Waals surface area contributed by atoms with Gasteiger partial charge >= 0.3 is 5.97 Å². The van der Waals surface area contributed by atoms with E-state index < -0.39 is 24.3 Å². The first-order valence-electron chi connectivity index (χ1n) is 7.93. The second kappa shape index (κ2) is 8.72. The molecule has 2 heterocycles. The maximum Gasteiger partial charge on any atom is 0.322 e. The predicted octanol–water partition coefficient (Wildman–Crippen LogP) is 3.11. The van der Waals surface area contributed by atoms with Crippen molar-refractivity contribution in [1.29, 1.82) is 0 Å². The number of furan rings is 1. The Hall–Kier alpha value is -2.43. The minimum Gasteiger partial charge on any atom is -0.480 e. The second-order valence-electron chi connectivity index (χ2n) is 5.65. The summed E-state index contributed by atoms with van der Waals surface area (Å²) in [5.41, 5.74) is 0.894. The van der Waals surface area contributed by atoms with Crippen molar-refractivity contribution in [3.8, 4) is 11.3 Å². The molecule has 1 aromatic carbocycles. The van der Waals surface area contributed by atoms with E-state index in [0.29, 0.717) is 16.4 Å². The van der Waals surface area contributed by atoms with Crippen molar-refractivity contribution in [3.63, 3.8) is 0 Å². The highest BCUT2D eigenvalue weighted by molar-refractivity contribution is 9.10. The van der Waals surface area contributed by atoms with Gasteiger partial charge in [-0.3, -0.25) is 19.3 Å². The molecule has 144 valence electrons. The molecule has 2 aromatic rings. The lowest BCUT2D eigenvalue weighted by Gasteiger charge is -2.13. The van der Waals surface area contributed by atoms with Crippen molar-refractivity contribution >= 4 is 68.1 Å². The largest absolute Gasteiger partial charge is 0.480 e. The second-order valence-corrected chi connectivity index (χ2v) is 8.24. The zero-order valence-electron chi connectivity index (χ0n) is 14.2. The van der Waals surface area contributed by atoms with Crippen molar-refractivity contribution in [1.82, 2.24) is 10.2 Å². The maximum atomic E-state index is 12.5. The van der Waals surface area contributed by atoms with E-state index in [2.05, 4.69) is 21.2 Å². The zero-order chi connectivity index (χ0) is 20.3. The van der Waals surface area contributed by atoms with Crippen molar-refractivity contribution < 1.29 is 23.9 Å². The van der Waals surface area contributed by atoms with Crippen LogP contribution in [0.5, 0.6) is 0 Å². The lowest BCUT2D eigenvalue weighted by atomic mass is 10.2.